The van der Waals surface area contributed by atoms with Gasteiger partial charge in [0.25, 0.3) is 0 Å². The fraction of sp³-hybridized carbons (Fsp3) is 0.312. The first-order valence-corrected chi connectivity index (χ1v) is 7.36. The van der Waals surface area contributed by atoms with E-state index in [1.54, 1.807) is 4.52 Å². The Balaban J connectivity index is 1.58. The van der Waals surface area contributed by atoms with Crippen LogP contribution in [0.25, 0.3) is 5.65 Å². The van der Waals surface area contributed by atoms with Gasteiger partial charge in [-0.05, 0) is 30.5 Å². The van der Waals surface area contributed by atoms with Gasteiger partial charge in [0.2, 0.25) is 0 Å². The summed E-state index contributed by atoms with van der Waals surface area (Å²) < 4.78 is 1.81. The van der Waals surface area contributed by atoms with E-state index in [1.807, 2.05) is 18.2 Å². The minimum atomic E-state index is 0.793. The lowest BCUT2D eigenvalue weighted by molar-refractivity contribution is 0.811. The number of aryl methyl sites for hydroxylation is 2. The molecule has 0 aliphatic rings. The molecular weight excluding hydrogens is 262 g/mol. The van der Waals surface area contributed by atoms with E-state index < -0.39 is 0 Å². The molecule has 5 heteroatoms. The lowest BCUT2D eigenvalue weighted by Gasteiger charge is -2.06. The van der Waals surface area contributed by atoms with E-state index in [0.29, 0.717) is 0 Å². The standard InChI is InChI=1S/C16H19N5/c1-2-15-18-19-16-11-10-14(20-21(15)16)17-12-6-9-13-7-4-3-5-8-13/h3-5,7-8,10-11H,2,6,9,12H2,1H3,(H,17,20). The van der Waals surface area contributed by atoms with E-state index in [9.17, 15) is 0 Å². The van der Waals surface area contributed by atoms with Gasteiger partial charge < -0.3 is 5.32 Å². The summed E-state index contributed by atoms with van der Waals surface area (Å²) in [7, 11) is 0. The van der Waals surface area contributed by atoms with Crippen molar-refractivity contribution < 1.29 is 0 Å². The van der Waals surface area contributed by atoms with Gasteiger partial charge in [-0.15, -0.1) is 15.3 Å². The Hall–Kier alpha value is -2.43. The number of hydrogen-bond donors (Lipinski definition) is 1. The van der Waals surface area contributed by atoms with Crippen molar-refractivity contribution in [3.05, 3.63) is 53.9 Å². The highest BCUT2D eigenvalue weighted by Crippen LogP contribution is 2.08. The van der Waals surface area contributed by atoms with Gasteiger partial charge in [-0.2, -0.15) is 4.52 Å². The van der Waals surface area contributed by atoms with Gasteiger partial charge >= 0.3 is 0 Å². The molecule has 0 amide bonds. The van der Waals surface area contributed by atoms with Crippen LogP contribution in [0.5, 0.6) is 0 Å². The Morgan fingerprint density at radius 3 is 2.71 bits per heavy atom. The Kier molecular flexibility index (Phi) is 4.09. The number of aromatic nitrogens is 4. The molecule has 0 unspecified atom stereocenters. The second-order valence-corrected chi connectivity index (χ2v) is 4.97. The molecule has 3 rings (SSSR count). The average molecular weight is 281 g/mol. The van der Waals surface area contributed by atoms with Crippen LogP contribution < -0.4 is 5.32 Å². The molecule has 2 heterocycles. The van der Waals surface area contributed by atoms with E-state index in [1.165, 1.54) is 5.56 Å². The molecule has 0 fully saturated rings. The molecule has 0 atom stereocenters. The Bertz CT molecular complexity index is 705. The highest BCUT2D eigenvalue weighted by Gasteiger charge is 2.05. The van der Waals surface area contributed by atoms with Crippen LogP contribution >= 0.6 is 0 Å². The fourth-order valence-corrected chi connectivity index (χ4v) is 2.30. The number of fused-ring (bicyclic) bond motifs is 1. The van der Waals surface area contributed by atoms with E-state index in [-0.39, 0.29) is 0 Å². The molecule has 3 aromatic rings. The second-order valence-electron chi connectivity index (χ2n) is 4.97. The van der Waals surface area contributed by atoms with Crippen molar-refractivity contribution in [2.75, 3.05) is 11.9 Å². The number of benzene rings is 1. The summed E-state index contributed by atoms with van der Waals surface area (Å²) in [6.45, 7) is 2.95. The van der Waals surface area contributed by atoms with E-state index >= 15 is 0 Å². The first-order valence-electron chi connectivity index (χ1n) is 7.36. The quantitative estimate of drug-likeness (QED) is 0.706. The lowest BCUT2D eigenvalue weighted by Crippen LogP contribution is -2.07. The topological polar surface area (TPSA) is 55.1 Å². The highest BCUT2D eigenvalue weighted by atomic mass is 15.4. The highest BCUT2D eigenvalue weighted by molar-refractivity contribution is 5.43. The van der Waals surface area contributed by atoms with Gasteiger partial charge in [-0.3, -0.25) is 0 Å². The smallest absolute Gasteiger partial charge is 0.178 e. The van der Waals surface area contributed by atoms with Crippen LogP contribution in [0.15, 0.2) is 42.5 Å². The predicted octanol–water partition coefficient (Wildman–Crippen LogP) is 2.73. The molecule has 0 saturated carbocycles. The maximum absolute atomic E-state index is 4.53. The SMILES string of the molecule is CCc1nnc2ccc(NCCCc3ccccc3)nn12. The van der Waals surface area contributed by atoms with Crippen molar-refractivity contribution in [3.63, 3.8) is 0 Å². The zero-order valence-corrected chi connectivity index (χ0v) is 12.2. The molecule has 108 valence electrons. The molecule has 0 bridgehead atoms. The van der Waals surface area contributed by atoms with Crippen LogP contribution in [0.4, 0.5) is 5.82 Å². The normalized spacial score (nSPS) is 10.9. The van der Waals surface area contributed by atoms with Crippen molar-refractivity contribution in [2.45, 2.75) is 26.2 Å². The first kappa shape index (κ1) is 13.5. The Labute approximate surface area is 124 Å². The van der Waals surface area contributed by atoms with Crippen molar-refractivity contribution in [1.29, 1.82) is 0 Å². The summed E-state index contributed by atoms with van der Waals surface area (Å²) in [5, 5.41) is 16.1. The molecule has 2 aromatic heterocycles. The van der Waals surface area contributed by atoms with Gasteiger partial charge in [-0.25, -0.2) is 0 Å². The van der Waals surface area contributed by atoms with Gasteiger partial charge in [0, 0.05) is 13.0 Å². The van der Waals surface area contributed by atoms with Crippen LogP contribution in [-0.2, 0) is 12.8 Å². The third kappa shape index (κ3) is 3.18. The number of nitrogens with one attached hydrogen (secondary N) is 1. The third-order valence-corrected chi connectivity index (χ3v) is 3.43. The van der Waals surface area contributed by atoms with E-state index in [2.05, 4.69) is 51.8 Å². The second kappa shape index (κ2) is 6.35. The predicted molar refractivity (Wildman–Crippen MR) is 83.4 cm³/mol. The summed E-state index contributed by atoms with van der Waals surface area (Å²) in [6.07, 6.45) is 2.97. The molecule has 5 nitrogen and oxygen atoms in total. The Morgan fingerprint density at radius 1 is 1.05 bits per heavy atom. The summed E-state index contributed by atoms with van der Waals surface area (Å²) in [6, 6.07) is 14.4. The summed E-state index contributed by atoms with van der Waals surface area (Å²) >= 11 is 0. The fourth-order valence-electron chi connectivity index (χ4n) is 2.30. The van der Waals surface area contributed by atoms with Crippen LogP contribution in [0.3, 0.4) is 0 Å². The zero-order valence-electron chi connectivity index (χ0n) is 12.2. The van der Waals surface area contributed by atoms with Crippen molar-refractivity contribution in [3.8, 4) is 0 Å². The zero-order chi connectivity index (χ0) is 14.5. The molecule has 1 N–H and O–H groups in total. The monoisotopic (exact) mass is 281 g/mol. The number of hydrogen-bond acceptors (Lipinski definition) is 4. The molecule has 0 saturated heterocycles. The molecule has 0 radical (unpaired) electrons. The largest absolute Gasteiger partial charge is 0.369 e. The van der Waals surface area contributed by atoms with Gasteiger partial charge in [0.15, 0.2) is 11.5 Å². The van der Waals surface area contributed by atoms with Crippen LogP contribution in [0.2, 0.25) is 0 Å². The molecular formula is C16H19N5. The molecule has 21 heavy (non-hydrogen) atoms. The molecule has 0 spiro atoms. The lowest BCUT2D eigenvalue weighted by atomic mass is 10.1. The molecule has 0 aliphatic carbocycles. The van der Waals surface area contributed by atoms with Crippen molar-refractivity contribution in [1.82, 2.24) is 19.8 Å². The summed E-state index contributed by atoms with van der Waals surface area (Å²) in [5.74, 6) is 1.75. The van der Waals surface area contributed by atoms with Crippen molar-refractivity contribution >= 4 is 11.5 Å². The van der Waals surface area contributed by atoms with Gasteiger partial charge in [0.05, 0.1) is 0 Å². The van der Waals surface area contributed by atoms with E-state index in [0.717, 1.165) is 43.1 Å². The summed E-state index contributed by atoms with van der Waals surface area (Å²) in [4.78, 5) is 0. The number of rotatable bonds is 6. The van der Waals surface area contributed by atoms with Crippen LogP contribution in [0.1, 0.15) is 24.7 Å². The number of anilines is 1. The Morgan fingerprint density at radius 2 is 1.90 bits per heavy atom. The minimum absolute atomic E-state index is 0.793. The average Bonchev–Trinajstić information content (AvgIpc) is 2.95. The molecule has 1 aromatic carbocycles. The first-order chi connectivity index (χ1) is 10.4. The van der Waals surface area contributed by atoms with Gasteiger partial charge in [-0.1, -0.05) is 37.3 Å². The van der Waals surface area contributed by atoms with Crippen molar-refractivity contribution in [2.24, 2.45) is 0 Å². The maximum atomic E-state index is 4.53. The third-order valence-electron chi connectivity index (χ3n) is 3.43. The molecule has 0 aliphatic heterocycles. The minimum Gasteiger partial charge on any atom is -0.369 e. The van der Waals surface area contributed by atoms with Gasteiger partial charge in [0.1, 0.15) is 5.82 Å². The summed E-state index contributed by atoms with van der Waals surface area (Å²) in [5.41, 5.74) is 2.16. The van der Waals surface area contributed by atoms with E-state index in [4.69, 9.17) is 0 Å². The maximum Gasteiger partial charge on any atom is 0.178 e. The number of nitrogens with zero attached hydrogens (tertiary/aromatic N) is 4. The van der Waals surface area contributed by atoms with Crippen LogP contribution in [-0.4, -0.2) is 26.4 Å². The van der Waals surface area contributed by atoms with Crippen LogP contribution in [0, 0.1) is 0 Å².